The molecule has 1 aromatic carbocycles. The summed E-state index contributed by atoms with van der Waals surface area (Å²) in [6.45, 7) is 8.75. The number of anilines is 1. The van der Waals surface area contributed by atoms with Crippen molar-refractivity contribution in [3.05, 3.63) is 42.2 Å². The predicted molar refractivity (Wildman–Crippen MR) is 104 cm³/mol. The lowest BCUT2D eigenvalue weighted by Crippen LogP contribution is -2.16. The molecule has 1 N–H and O–H groups in total. The summed E-state index contributed by atoms with van der Waals surface area (Å²) in [5.41, 5.74) is 3.61. The van der Waals surface area contributed by atoms with E-state index in [1.54, 1.807) is 0 Å². The molecule has 0 fully saturated rings. The first-order valence-electron chi connectivity index (χ1n) is 8.78. The lowest BCUT2D eigenvalue weighted by molar-refractivity contribution is 0.405. The molecule has 0 saturated heterocycles. The van der Waals surface area contributed by atoms with E-state index < -0.39 is 0 Å². The average Bonchev–Trinajstić information content (AvgIpc) is 2.58. The van der Waals surface area contributed by atoms with Crippen molar-refractivity contribution in [1.82, 2.24) is 14.9 Å². The minimum absolute atomic E-state index is 0. The van der Waals surface area contributed by atoms with Gasteiger partial charge in [0.1, 0.15) is 0 Å². The Balaban J connectivity index is 0.00000312. The van der Waals surface area contributed by atoms with Gasteiger partial charge in [-0.15, -0.1) is 0 Å². The van der Waals surface area contributed by atoms with Crippen LogP contribution in [0.2, 0.25) is 0 Å². The Morgan fingerprint density at radius 1 is 1.08 bits per heavy atom. The number of benzene rings is 1. The SMILES string of the molecule is CC(C)[C@@H](C)c1cccc(-c2cnc(NCCCN(C)C)nc2)c1.[HH]. The van der Waals surface area contributed by atoms with Crippen molar-refractivity contribution in [1.29, 1.82) is 0 Å². The van der Waals surface area contributed by atoms with E-state index in [1.165, 1.54) is 11.1 Å². The van der Waals surface area contributed by atoms with E-state index in [0.717, 1.165) is 25.1 Å². The summed E-state index contributed by atoms with van der Waals surface area (Å²) in [5.74, 6) is 1.87. The van der Waals surface area contributed by atoms with Crippen LogP contribution in [0.5, 0.6) is 0 Å². The molecule has 2 rings (SSSR count). The highest BCUT2D eigenvalue weighted by molar-refractivity contribution is 5.63. The molecule has 0 aliphatic heterocycles. The molecule has 0 amide bonds. The average molecular weight is 329 g/mol. The monoisotopic (exact) mass is 328 g/mol. The highest BCUT2D eigenvalue weighted by Crippen LogP contribution is 2.27. The summed E-state index contributed by atoms with van der Waals surface area (Å²) >= 11 is 0. The molecule has 0 radical (unpaired) electrons. The van der Waals surface area contributed by atoms with Crippen molar-refractivity contribution in [2.75, 3.05) is 32.5 Å². The lowest BCUT2D eigenvalue weighted by Gasteiger charge is -2.16. The third kappa shape index (κ3) is 5.31. The fraction of sp³-hybridized carbons (Fsp3) is 0.500. The molecule has 1 atom stereocenters. The summed E-state index contributed by atoms with van der Waals surface area (Å²) in [6, 6.07) is 8.71. The van der Waals surface area contributed by atoms with Gasteiger partial charge in [0.2, 0.25) is 5.95 Å². The topological polar surface area (TPSA) is 41.1 Å². The van der Waals surface area contributed by atoms with Crippen molar-refractivity contribution in [2.45, 2.75) is 33.1 Å². The number of nitrogens with one attached hydrogen (secondary N) is 1. The smallest absolute Gasteiger partial charge is 0.222 e. The second kappa shape index (κ2) is 8.78. The van der Waals surface area contributed by atoms with Gasteiger partial charge in [-0.25, -0.2) is 9.97 Å². The van der Waals surface area contributed by atoms with E-state index in [1.807, 2.05) is 12.4 Å². The van der Waals surface area contributed by atoms with Crippen molar-refractivity contribution < 1.29 is 1.43 Å². The van der Waals surface area contributed by atoms with E-state index in [9.17, 15) is 0 Å². The summed E-state index contributed by atoms with van der Waals surface area (Å²) in [7, 11) is 4.17. The van der Waals surface area contributed by atoms with Gasteiger partial charge < -0.3 is 10.2 Å². The molecule has 4 nitrogen and oxygen atoms in total. The quantitative estimate of drug-likeness (QED) is 0.724. The van der Waals surface area contributed by atoms with Crippen LogP contribution in [0.1, 0.15) is 40.1 Å². The molecular formula is C20H32N4. The van der Waals surface area contributed by atoms with Gasteiger partial charge in [0.25, 0.3) is 0 Å². The highest BCUT2D eigenvalue weighted by atomic mass is 15.1. The number of hydrogen-bond donors (Lipinski definition) is 1. The van der Waals surface area contributed by atoms with E-state index >= 15 is 0 Å². The van der Waals surface area contributed by atoms with E-state index in [2.05, 4.69) is 79.3 Å². The summed E-state index contributed by atoms with van der Waals surface area (Å²) in [5, 5.41) is 3.27. The van der Waals surface area contributed by atoms with Gasteiger partial charge >= 0.3 is 0 Å². The first-order chi connectivity index (χ1) is 11.5. The van der Waals surface area contributed by atoms with Gasteiger partial charge in [-0.3, -0.25) is 0 Å². The second-order valence-corrected chi connectivity index (χ2v) is 7.04. The van der Waals surface area contributed by atoms with Crippen molar-refractivity contribution in [3.63, 3.8) is 0 Å². The van der Waals surface area contributed by atoms with Crippen LogP contribution >= 0.6 is 0 Å². The van der Waals surface area contributed by atoms with Gasteiger partial charge in [-0.2, -0.15) is 0 Å². The Morgan fingerprint density at radius 2 is 1.79 bits per heavy atom. The fourth-order valence-corrected chi connectivity index (χ4v) is 2.55. The molecule has 0 saturated carbocycles. The van der Waals surface area contributed by atoms with Crippen molar-refractivity contribution in [3.8, 4) is 11.1 Å². The summed E-state index contributed by atoms with van der Waals surface area (Å²) in [6.07, 6.45) is 4.88. The van der Waals surface area contributed by atoms with Gasteiger partial charge in [0.15, 0.2) is 0 Å². The summed E-state index contributed by atoms with van der Waals surface area (Å²) < 4.78 is 0. The second-order valence-electron chi connectivity index (χ2n) is 7.04. The van der Waals surface area contributed by atoms with E-state index in [0.29, 0.717) is 17.8 Å². The van der Waals surface area contributed by atoms with Crippen LogP contribution in [0, 0.1) is 5.92 Å². The number of hydrogen-bond acceptors (Lipinski definition) is 4. The van der Waals surface area contributed by atoms with Crippen LogP contribution in [0.4, 0.5) is 5.95 Å². The Kier molecular flexibility index (Phi) is 6.73. The number of rotatable bonds is 8. The molecule has 24 heavy (non-hydrogen) atoms. The van der Waals surface area contributed by atoms with Gasteiger partial charge in [0, 0.05) is 25.9 Å². The van der Waals surface area contributed by atoms with Crippen LogP contribution in [0.3, 0.4) is 0 Å². The van der Waals surface area contributed by atoms with Gasteiger partial charge in [-0.05, 0) is 50.0 Å². The predicted octanol–water partition coefficient (Wildman–Crippen LogP) is 4.51. The molecule has 0 bridgehead atoms. The molecular weight excluding hydrogens is 296 g/mol. The molecule has 1 heterocycles. The van der Waals surface area contributed by atoms with Crippen LogP contribution in [-0.4, -0.2) is 42.1 Å². The van der Waals surface area contributed by atoms with Crippen molar-refractivity contribution in [2.24, 2.45) is 5.92 Å². The lowest BCUT2D eigenvalue weighted by atomic mass is 9.89. The minimum atomic E-state index is 0. The molecule has 4 heteroatoms. The minimum Gasteiger partial charge on any atom is -0.354 e. The maximum atomic E-state index is 4.45. The van der Waals surface area contributed by atoms with E-state index in [4.69, 9.17) is 0 Å². The zero-order valence-corrected chi connectivity index (χ0v) is 15.6. The van der Waals surface area contributed by atoms with Gasteiger partial charge in [0.05, 0.1) is 0 Å². The molecule has 0 aliphatic rings. The zero-order valence-electron chi connectivity index (χ0n) is 15.6. The standard InChI is InChI=1S/C20H30N4.H2/c1-15(2)16(3)17-8-6-9-18(12-17)19-13-22-20(23-14-19)21-10-7-11-24(4)5;/h6,8-9,12-16H,7,10-11H2,1-5H3,(H,21,22,23);1H/t16-;/m1./s1. The third-order valence-electron chi connectivity index (χ3n) is 4.46. The first-order valence-corrected chi connectivity index (χ1v) is 8.78. The highest BCUT2D eigenvalue weighted by Gasteiger charge is 2.11. The number of nitrogens with zero attached hydrogens (tertiary/aromatic N) is 3. The Labute approximate surface area is 147 Å². The number of aromatic nitrogens is 2. The van der Waals surface area contributed by atoms with Gasteiger partial charge in [-0.1, -0.05) is 45.0 Å². The first kappa shape index (κ1) is 18.4. The van der Waals surface area contributed by atoms with Crippen LogP contribution < -0.4 is 5.32 Å². The maximum Gasteiger partial charge on any atom is 0.222 e. The Morgan fingerprint density at radius 3 is 2.42 bits per heavy atom. The fourth-order valence-electron chi connectivity index (χ4n) is 2.55. The normalized spacial score (nSPS) is 12.6. The maximum absolute atomic E-state index is 4.45. The Hall–Kier alpha value is -1.94. The Bertz CT molecular complexity index is 626. The molecule has 2 aromatic rings. The largest absolute Gasteiger partial charge is 0.354 e. The zero-order chi connectivity index (χ0) is 17.5. The third-order valence-corrected chi connectivity index (χ3v) is 4.46. The molecule has 0 spiro atoms. The summed E-state index contributed by atoms with van der Waals surface area (Å²) in [4.78, 5) is 11.1. The molecule has 1 aromatic heterocycles. The van der Waals surface area contributed by atoms with E-state index in [-0.39, 0.29) is 1.43 Å². The molecule has 0 aliphatic carbocycles. The van der Waals surface area contributed by atoms with Crippen LogP contribution in [-0.2, 0) is 0 Å². The van der Waals surface area contributed by atoms with Crippen LogP contribution in [0.25, 0.3) is 11.1 Å². The molecule has 0 unspecified atom stereocenters. The van der Waals surface area contributed by atoms with Crippen LogP contribution in [0.15, 0.2) is 36.7 Å². The molecule has 132 valence electrons. The van der Waals surface area contributed by atoms with Crippen molar-refractivity contribution >= 4 is 5.95 Å².